The van der Waals surface area contributed by atoms with Gasteiger partial charge in [-0.1, -0.05) is 18.2 Å². The minimum Gasteiger partial charge on any atom is -0.391 e. The van der Waals surface area contributed by atoms with Gasteiger partial charge in [0, 0.05) is 30.8 Å². The summed E-state index contributed by atoms with van der Waals surface area (Å²) in [4.78, 5) is 18.1. The van der Waals surface area contributed by atoms with Crippen molar-refractivity contribution >= 4 is 17.2 Å². The number of hydrogen-bond donors (Lipinski definition) is 2. The van der Waals surface area contributed by atoms with Crippen LogP contribution in [-0.4, -0.2) is 52.9 Å². The largest absolute Gasteiger partial charge is 0.391 e. The van der Waals surface area contributed by atoms with Crippen molar-refractivity contribution in [3.05, 3.63) is 54.5 Å². The highest BCUT2D eigenvalue weighted by Crippen LogP contribution is 2.41. The van der Waals surface area contributed by atoms with Crippen LogP contribution in [0, 0.1) is 0 Å². The molecule has 0 unspecified atom stereocenters. The molecule has 168 valence electrons. The lowest BCUT2D eigenvalue weighted by atomic mass is 10.00. The van der Waals surface area contributed by atoms with E-state index in [2.05, 4.69) is 32.0 Å². The van der Waals surface area contributed by atoms with Gasteiger partial charge in [-0.2, -0.15) is 10.2 Å². The first-order valence-corrected chi connectivity index (χ1v) is 11.2. The molecule has 9 heteroatoms. The molecular formula is C24H25N7O2. The summed E-state index contributed by atoms with van der Waals surface area (Å²) < 4.78 is 3.89. The third-order valence-electron chi connectivity index (χ3n) is 6.67. The number of aliphatic hydroxyl groups is 1. The number of likely N-dealkylation sites (tertiary alicyclic amines) is 1. The van der Waals surface area contributed by atoms with Gasteiger partial charge >= 0.3 is 0 Å². The average Bonchev–Trinajstić information content (AvgIpc) is 3.21. The zero-order chi connectivity index (χ0) is 22.7. The van der Waals surface area contributed by atoms with Crippen LogP contribution in [0.1, 0.15) is 43.8 Å². The van der Waals surface area contributed by atoms with Gasteiger partial charge in [-0.3, -0.25) is 9.48 Å². The maximum absolute atomic E-state index is 12.1. The molecular weight excluding hydrogens is 418 g/mol. The molecule has 2 fully saturated rings. The number of nitrogens with two attached hydrogens (primary N) is 1. The minimum absolute atomic E-state index is 0.0359. The molecule has 0 spiro atoms. The van der Waals surface area contributed by atoms with E-state index in [1.807, 2.05) is 35.0 Å². The van der Waals surface area contributed by atoms with Crippen LogP contribution in [-0.2, 0) is 4.79 Å². The monoisotopic (exact) mass is 443 g/mol. The van der Waals surface area contributed by atoms with Crippen molar-refractivity contribution < 1.29 is 9.90 Å². The lowest BCUT2D eigenvalue weighted by molar-refractivity contribution is -0.130. The first kappa shape index (κ1) is 19.9. The van der Waals surface area contributed by atoms with Gasteiger partial charge in [-0.15, -0.1) is 0 Å². The van der Waals surface area contributed by atoms with E-state index in [1.165, 1.54) is 6.33 Å². The van der Waals surface area contributed by atoms with Gasteiger partial charge in [0.15, 0.2) is 5.82 Å². The Hall–Kier alpha value is -3.72. The summed E-state index contributed by atoms with van der Waals surface area (Å²) in [5, 5.41) is 19.2. The van der Waals surface area contributed by atoms with E-state index >= 15 is 0 Å². The highest BCUT2D eigenvalue weighted by molar-refractivity contribution is 5.91. The van der Waals surface area contributed by atoms with Gasteiger partial charge in [0.1, 0.15) is 11.8 Å². The predicted molar refractivity (Wildman–Crippen MR) is 123 cm³/mol. The number of β-amino-alcohol motifs (C(OH)–C–C–N with tert-alkyl or cyclic N) is 1. The van der Waals surface area contributed by atoms with Crippen molar-refractivity contribution in [2.45, 2.75) is 44.4 Å². The SMILES string of the molecule is CC(=O)N1C[C@H](O)C[C@H]1c1cccc(-c2cc(-c3ccnn3C3CC3)c3c(N)ncnn23)c1. The maximum Gasteiger partial charge on any atom is 0.220 e. The number of nitrogen functional groups attached to an aromatic ring is 1. The number of carbonyl (C=O) groups excluding carboxylic acids is 1. The van der Waals surface area contributed by atoms with Crippen LogP contribution < -0.4 is 5.73 Å². The van der Waals surface area contributed by atoms with Gasteiger partial charge < -0.3 is 15.7 Å². The number of benzene rings is 1. The standard InChI is InChI=1S/C24H25N7O2/c1-14(32)29-12-18(33)10-21(29)15-3-2-4-16(9-15)22-11-19(23-24(25)26-13-28-31(22)23)20-7-8-27-30(20)17-5-6-17/h2-4,7-9,11,13,17-18,21,33H,5-6,10,12H2,1H3,(H2,25,26,28)/t18-,21+/m1/s1. The van der Waals surface area contributed by atoms with Crippen molar-refractivity contribution in [1.29, 1.82) is 0 Å². The molecule has 0 radical (unpaired) electrons. The predicted octanol–water partition coefficient (Wildman–Crippen LogP) is 2.83. The van der Waals surface area contributed by atoms with Crippen LogP contribution in [0.2, 0.25) is 0 Å². The van der Waals surface area contributed by atoms with E-state index in [1.54, 1.807) is 11.8 Å². The number of aromatic nitrogens is 5. The average molecular weight is 444 g/mol. The summed E-state index contributed by atoms with van der Waals surface area (Å²) in [6, 6.07) is 12.4. The molecule has 0 bridgehead atoms. The summed E-state index contributed by atoms with van der Waals surface area (Å²) in [5.74, 6) is 0.374. The first-order valence-electron chi connectivity index (χ1n) is 11.2. The Morgan fingerprint density at radius 3 is 2.79 bits per heavy atom. The second-order valence-electron chi connectivity index (χ2n) is 8.94. The van der Waals surface area contributed by atoms with E-state index in [0.717, 1.165) is 46.4 Å². The number of rotatable bonds is 4. The van der Waals surface area contributed by atoms with Crippen LogP contribution in [0.25, 0.3) is 28.0 Å². The van der Waals surface area contributed by atoms with Crippen molar-refractivity contribution in [3.8, 4) is 22.5 Å². The molecule has 1 saturated carbocycles. The van der Waals surface area contributed by atoms with Crippen LogP contribution >= 0.6 is 0 Å². The summed E-state index contributed by atoms with van der Waals surface area (Å²) in [6.45, 7) is 1.90. The molecule has 2 atom stereocenters. The van der Waals surface area contributed by atoms with Crippen molar-refractivity contribution in [2.24, 2.45) is 0 Å². The third kappa shape index (κ3) is 3.27. The number of aliphatic hydroxyl groups excluding tert-OH is 1. The summed E-state index contributed by atoms with van der Waals surface area (Å²) in [5.41, 5.74) is 11.8. The number of carbonyl (C=O) groups is 1. The highest BCUT2D eigenvalue weighted by atomic mass is 16.3. The Morgan fingerprint density at radius 1 is 1.15 bits per heavy atom. The van der Waals surface area contributed by atoms with Gasteiger partial charge in [-0.25, -0.2) is 9.50 Å². The van der Waals surface area contributed by atoms with E-state index in [0.29, 0.717) is 24.8 Å². The van der Waals surface area contributed by atoms with Gasteiger partial charge in [-0.05, 0) is 43.0 Å². The van der Waals surface area contributed by atoms with E-state index in [4.69, 9.17) is 5.73 Å². The first-order chi connectivity index (χ1) is 16.0. The third-order valence-corrected chi connectivity index (χ3v) is 6.67. The molecule has 1 aliphatic carbocycles. The van der Waals surface area contributed by atoms with E-state index in [-0.39, 0.29) is 11.9 Å². The summed E-state index contributed by atoms with van der Waals surface area (Å²) in [6.07, 6.45) is 5.54. The van der Waals surface area contributed by atoms with Crippen LogP contribution in [0.5, 0.6) is 0 Å². The van der Waals surface area contributed by atoms with Crippen LogP contribution in [0.15, 0.2) is 48.9 Å². The molecule has 2 aliphatic rings. The molecule has 1 aliphatic heterocycles. The zero-order valence-corrected chi connectivity index (χ0v) is 18.3. The second-order valence-corrected chi connectivity index (χ2v) is 8.94. The number of nitrogens with zero attached hydrogens (tertiary/aromatic N) is 6. The van der Waals surface area contributed by atoms with Gasteiger partial charge in [0.25, 0.3) is 0 Å². The molecule has 3 N–H and O–H groups in total. The van der Waals surface area contributed by atoms with Gasteiger partial charge in [0.2, 0.25) is 5.91 Å². The summed E-state index contributed by atoms with van der Waals surface area (Å²) >= 11 is 0. The zero-order valence-electron chi connectivity index (χ0n) is 18.3. The Labute approximate surface area is 190 Å². The normalized spacial score (nSPS) is 20.6. The second kappa shape index (κ2) is 7.41. The van der Waals surface area contributed by atoms with E-state index < -0.39 is 6.10 Å². The topological polar surface area (TPSA) is 115 Å². The number of amides is 1. The van der Waals surface area contributed by atoms with Gasteiger partial charge in [0.05, 0.1) is 29.6 Å². The molecule has 3 aromatic heterocycles. The minimum atomic E-state index is -0.515. The smallest absolute Gasteiger partial charge is 0.220 e. The number of fused-ring (bicyclic) bond motifs is 1. The molecule has 33 heavy (non-hydrogen) atoms. The number of hydrogen-bond acceptors (Lipinski definition) is 6. The quantitative estimate of drug-likeness (QED) is 0.501. The molecule has 1 aromatic carbocycles. The van der Waals surface area contributed by atoms with Crippen molar-refractivity contribution in [2.75, 3.05) is 12.3 Å². The molecule has 1 amide bonds. The lowest BCUT2D eigenvalue weighted by Gasteiger charge is -2.23. The highest BCUT2D eigenvalue weighted by Gasteiger charge is 2.34. The summed E-state index contributed by atoms with van der Waals surface area (Å²) in [7, 11) is 0. The molecule has 1 saturated heterocycles. The van der Waals surface area contributed by atoms with Crippen LogP contribution in [0.4, 0.5) is 5.82 Å². The number of anilines is 1. The van der Waals surface area contributed by atoms with Crippen molar-refractivity contribution in [1.82, 2.24) is 29.3 Å². The Bertz CT molecular complexity index is 1370. The van der Waals surface area contributed by atoms with Crippen molar-refractivity contribution in [3.63, 3.8) is 0 Å². The molecule has 9 nitrogen and oxygen atoms in total. The molecule has 4 aromatic rings. The van der Waals surface area contributed by atoms with Crippen LogP contribution in [0.3, 0.4) is 0 Å². The fourth-order valence-electron chi connectivity index (χ4n) is 4.99. The van der Waals surface area contributed by atoms with E-state index in [9.17, 15) is 9.90 Å². The fourth-order valence-corrected chi connectivity index (χ4v) is 4.99. The molecule has 4 heterocycles. The molecule has 6 rings (SSSR count). The Balaban J connectivity index is 1.49. The lowest BCUT2D eigenvalue weighted by Crippen LogP contribution is -2.29. The Kier molecular flexibility index (Phi) is 4.48. The fraction of sp³-hybridized carbons (Fsp3) is 0.333. The Morgan fingerprint density at radius 2 is 2.00 bits per heavy atom. The maximum atomic E-state index is 12.1.